The fourth-order valence-corrected chi connectivity index (χ4v) is 2.69. The zero-order valence-corrected chi connectivity index (χ0v) is 11.3. The Morgan fingerprint density at radius 1 is 1.58 bits per heavy atom. The minimum atomic E-state index is -1.09. The maximum Gasteiger partial charge on any atom is 0.337 e. The lowest BCUT2D eigenvalue weighted by Gasteiger charge is -2.21. The lowest BCUT2D eigenvalue weighted by Crippen LogP contribution is -2.28. The van der Waals surface area contributed by atoms with Gasteiger partial charge in [-0.1, -0.05) is 11.6 Å². The van der Waals surface area contributed by atoms with Crippen LogP contribution in [0.2, 0.25) is 5.02 Å². The molecule has 5 nitrogen and oxygen atoms in total. The van der Waals surface area contributed by atoms with Crippen molar-refractivity contribution < 1.29 is 14.7 Å². The van der Waals surface area contributed by atoms with E-state index in [9.17, 15) is 14.7 Å². The van der Waals surface area contributed by atoms with Crippen LogP contribution in [0.25, 0.3) is 0 Å². The van der Waals surface area contributed by atoms with E-state index in [0.717, 1.165) is 0 Å². The van der Waals surface area contributed by atoms with Crippen molar-refractivity contribution in [2.45, 2.75) is 13.3 Å². The van der Waals surface area contributed by atoms with Crippen LogP contribution in [-0.2, 0) is 4.79 Å². The highest BCUT2D eigenvalue weighted by Crippen LogP contribution is 2.33. The lowest BCUT2D eigenvalue weighted by molar-refractivity contribution is -0.117. The zero-order valence-electron chi connectivity index (χ0n) is 10.5. The van der Waals surface area contributed by atoms with Crippen molar-refractivity contribution in [2.24, 2.45) is 11.7 Å². The Balaban J connectivity index is 2.50. The van der Waals surface area contributed by atoms with Gasteiger partial charge in [-0.2, -0.15) is 0 Å². The lowest BCUT2D eigenvalue weighted by atomic mass is 10.1. The summed E-state index contributed by atoms with van der Waals surface area (Å²) in [5.41, 5.74) is 6.74. The van der Waals surface area contributed by atoms with Crippen LogP contribution in [0, 0.1) is 12.8 Å². The molecular weight excluding hydrogens is 268 g/mol. The van der Waals surface area contributed by atoms with Crippen molar-refractivity contribution >= 4 is 29.2 Å². The summed E-state index contributed by atoms with van der Waals surface area (Å²) in [5, 5.41) is 9.61. The number of halogens is 1. The molecule has 2 rings (SSSR count). The fourth-order valence-electron chi connectivity index (χ4n) is 2.41. The summed E-state index contributed by atoms with van der Waals surface area (Å²) < 4.78 is 0. The number of amides is 1. The third-order valence-electron chi connectivity index (χ3n) is 3.30. The van der Waals surface area contributed by atoms with Crippen LogP contribution in [0.1, 0.15) is 22.3 Å². The largest absolute Gasteiger partial charge is 0.478 e. The number of nitrogens with zero attached hydrogens (tertiary/aromatic N) is 1. The molecule has 3 N–H and O–H groups in total. The van der Waals surface area contributed by atoms with E-state index in [1.807, 2.05) is 0 Å². The van der Waals surface area contributed by atoms with Crippen LogP contribution in [0.5, 0.6) is 0 Å². The van der Waals surface area contributed by atoms with Gasteiger partial charge >= 0.3 is 5.97 Å². The van der Waals surface area contributed by atoms with Gasteiger partial charge in [-0.25, -0.2) is 4.79 Å². The molecule has 1 heterocycles. The minimum Gasteiger partial charge on any atom is -0.478 e. The molecule has 1 aliphatic rings. The number of anilines is 1. The molecule has 1 fully saturated rings. The number of hydrogen-bond donors (Lipinski definition) is 2. The van der Waals surface area contributed by atoms with Crippen LogP contribution in [0.4, 0.5) is 5.69 Å². The molecular formula is C13H15ClN2O3. The number of nitrogens with two attached hydrogens (primary N) is 1. The molecule has 1 aromatic carbocycles. The molecule has 1 aliphatic heterocycles. The average molecular weight is 283 g/mol. The smallest absolute Gasteiger partial charge is 0.337 e. The van der Waals surface area contributed by atoms with E-state index >= 15 is 0 Å². The van der Waals surface area contributed by atoms with Crippen molar-refractivity contribution in [3.63, 3.8) is 0 Å². The number of carboxylic acid groups (broad SMARTS) is 1. The number of carboxylic acids is 1. The molecule has 0 radical (unpaired) electrons. The molecule has 0 aliphatic carbocycles. The number of carbonyl (C=O) groups is 2. The second-order valence-electron chi connectivity index (χ2n) is 4.73. The Kier molecular flexibility index (Phi) is 3.78. The van der Waals surface area contributed by atoms with Crippen LogP contribution in [-0.4, -0.2) is 30.1 Å². The monoisotopic (exact) mass is 282 g/mol. The third kappa shape index (κ3) is 2.57. The molecule has 0 saturated carbocycles. The third-order valence-corrected chi connectivity index (χ3v) is 3.52. The summed E-state index contributed by atoms with van der Waals surface area (Å²) in [4.78, 5) is 24.8. The van der Waals surface area contributed by atoms with Crippen LogP contribution < -0.4 is 10.6 Å². The van der Waals surface area contributed by atoms with E-state index in [-0.39, 0.29) is 17.4 Å². The second-order valence-corrected chi connectivity index (χ2v) is 5.17. The van der Waals surface area contributed by atoms with Gasteiger partial charge in [-0.3, -0.25) is 4.79 Å². The maximum absolute atomic E-state index is 12.0. The van der Waals surface area contributed by atoms with Gasteiger partial charge in [0.15, 0.2) is 0 Å². The summed E-state index contributed by atoms with van der Waals surface area (Å²) in [6, 6.07) is 3.03. The van der Waals surface area contributed by atoms with Gasteiger partial charge in [0.1, 0.15) is 0 Å². The molecule has 0 aromatic heterocycles. The molecule has 1 amide bonds. The van der Waals surface area contributed by atoms with E-state index < -0.39 is 5.97 Å². The van der Waals surface area contributed by atoms with E-state index in [0.29, 0.717) is 35.8 Å². The van der Waals surface area contributed by atoms with Gasteiger partial charge in [0.05, 0.1) is 11.3 Å². The highest BCUT2D eigenvalue weighted by atomic mass is 35.5. The summed E-state index contributed by atoms with van der Waals surface area (Å²) in [7, 11) is 0. The van der Waals surface area contributed by atoms with E-state index in [1.54, 1.807) is 13.0 Å². The van der Waals surface area contributed by atoms with Gasteiger partial charge < -0.3 is 15.7 Å². The number of aromatic carboxylic acids is 1. The predicted molar refractivity (Wildman–Crippen MR) is 72.7 cm³/mol. The Labute approximate surface area is 116 Å². The molecule has 1 unspecified atom stereocenters. The van der Waals surface area contributed by atoms with Gasteiger partial charge in [-0.05, 0) is 37.1 Å². The first-order chi connectivity index (χ1) is 8.93. The van der Waals surface area contributed by atoms with Crippen molar-refractivity contribution in [1.82, 2.24) is 0 Å². The Hall–Kier alpha value is -1.59. The fraction of sp³-hybridized carbons (Fsp3) is 0.385. The maximum atomic E-state index is 12.0. The number of hydrogen-bond acceptors (Lipinski definition) is 3. The van der Waals surface area contributed by atoms with Crippen LogP contribution >= 0.6 is 11.6 Å². The van der Waals surface area contributed by atoms with Gasteiger partial charge in [-0.15, -0.1) is 0 Å². The standard InChI is InChI=1S/C13H15ClN2O3/c1-7-2-9(14)4-10(13(18)19)12(7)16-6-8(5-15)3-11(16)17/h2,4,8H,3,5-6,15H2,1H3,(H,18,19). The van der Waals surface area contributed by atoms with Crippen molar-refractivity contribution in [3.05, 3.63) is 28.3 Å². The first-order valence-corrected chi connectivity index (χ1v) is 6.35. The topological polar surface area (TPSA) is 83.6 Å². The highest BCUT2D eigenvalue weighted by Gasteiger charge is 2.33. The van der Waals surface area contributed by atoms with E-state index in [2.05, 4.69) is 0 Å². The predicted octanol–water partition coefficient (Wildman–Crippen LogP) is 1.66. The second kappa shape index (κ2) is 5.19. The van der Waals surface area contributed by atoms with Crippen LogP contribution in [0.3, 0.4) is 0 Å². The Morgan fingerprint density at radius 2 is 2.26 bits per heavy atom. The Morgan fingerprint density at radius 3 is 2.79 bits per heavy atom. The number of aryl methyl sites for hydroxylation is 1. The van der Waals surface area contributed by atoms with Crippen molar-refractivity contribution in [2.75, 3.05) is 18.0 Å². The van der Waals surface area contributed by atoms with Crippen molar-refractivity contribution in [3.8, 4) is 0 Å². The van der Waals surface area contributed by atoms with Crippen molar-refractivity contribution in [1.29, 1.82) is 0 Å². The molecule has 6 heteroatoms. The molecule has 0 spiro atoms. The summed E-state index contributed by atoms with van der Waals surface area (Å²) in [5.74, 6) is -1.11. The molecule has 102 valence electrons. The number of carbonyl (C=O) groups excluding carboxylic acids is 1. The van der Waals surface area contributed by atoms with E-state index in [1.165, 1.54) is 11.0 Å². The average Bonchev–Trinajstić information content (AvgIpc) is 2.69. The highest BCUT2D eigenvalue weighted by molar-refractivity contribution is 6.31. The molecule has 1 aromatic rings. The summed E-state index contributed by atoms with van der Waals surface area (Å²) >= 11 is 5.88. The van der Waals surface area contributed by atoms with Gasteiger partial charge in [0.2, 0.25) is 5.91 Å². The SMILES string of the molecule is Cc1cc(Cl)cc(C(=O)O)c1N1CC(CN)CC1=O. The summed E-state index contributed by atoms with van der Waals surface area (Å²) in [6.07, 6.45) is 0.359. The first-order valence-electron chi connectivity index (χ1n) is 5.98. The van der Waals surface area contributed by atoms with Gasteiger partial charge in [0, 0.05) is 18.0 Å². The number of benzene rings is 1. The Bertz CT molecular complexity index is 545. The van der Waals surface area contributed by atoms with Gasteiger partial charge in [0.25, 0.3) is 0 Å². The molecule has 1 saturated heterocycles. The van der Waals surface area contributed by atoms with Crippen LogP contribution in [0.15, 0.2) is 12.1 Å². The quantitative estimate of drug-likeness (QED) is 0.883. The molecule has 1 atom stereocenters. The van der Waals surface area contributed by atoms with E-state index in [4.69, 9.17) is 17.3 Å². The normalized spacial score (nSPS) is 19.0. The minimum absolute atomic E-state index is 0.0519. The molecule has 0 bridgehead atoms. The summed E-state index contributed by atoms with van der Waals surface area (Å²) in [6.45, 7) is 2.62. The zero-order chi connectivity index (χ0) is 14.2. The molecule has 19 heavy (non-hydrogen) atoms. The first kappa shape index (κ1) is 13.8. The number of rotatable bonds is 3.